The molecule has 68 valence electrons. The molecule has 1 aromatic carbocycles. The molecule has 0 amide bonds. The van der Waals surface area contributed by atoms with Gasteiger partial charge in [-0.25, -0.2) is 0 Å². The Morgan fingerprint density at radius 2 is 2.15 bits per heavy atom. The summed E-state index contributed by atoms with van der Waals surface area (Å²) in [5.74, 6) is 1.67. The fourth-order valence-electron chi connectivity index (χ4n) is 1.42. The van der Waals surface area contributed by atoms with Crippen molar-refractivity contribution in [2.24, 2.45) is 0 Å². The monoisotopic (exact) mass is 176 g/mol. The first-order valence-electron chi connectivity index (χ1n) is 4.37. The molecule has 2 rings (SSSR count). The maximum atomic E-state index is 5.44. The highest BCUT2D eigenvalue weighted by molar-refractivity contribution is 5.45. The van der Waals surface area contributed by atoms with E-state index >= 15 is 0 Å². The summed E-state index contributed by atoms with van der Waals surface area (Å²) in [6, 6.07) is 5.97. The molecule has 0 spiro atoms. The number of ether oxygens (including phenoxy) is 2. The minimum absolute atomic E-state index is 0.158. The van der Waals surface area contributed by atoms with Gasteiger partial charge in [-0.15, -0.1) is 6.58 Å². The van der Waals surface area contributed by atoms with Gasteiger partial charge >= 0.3 is 0 Å². The van der Waals surface area contributed by atoms with Gasteiger partial charge in [-0.2, -0.15) is 0 Å². The predicted octanol–water partition coefficient (Wildman–Crippen LogP) is 2.53. The van der Waals surface area contributed by atoms with Crippen molar-refractivity contribution in [2.75, 3.05) is 0 Å². The minimum Gasteiger partial charge on any atom is -0.451 e. The number of fused-ring (bicyclic) bond motifs is 1. The molecule has 1 aromatic rings. The van der Waals surface area contributed by atoms with Crippen LogP contribution >= 0.6 is 0 Å². The quantitative estimate of drug-likeness (QED) is 0.645. The van der Waals surface area contributed by atoms with Crippen LogP contribution in [0.3, 0.4) is 0 Å². The maximum Gasteiger partial charge on any atom is 0.238 e. The normalized spacial score (nSPS) is 18.7. The second-order valence-electron chi connectivity index (χ2n) is 3.08. The molecular weight excluding hydrogens is 164 g/mol. The highest BCUT2D eigenvalue weighted by Crippen LogP contribution is 2.35. The Kier molecular flexibility index (Phi) is 1.97. The summed E-state index contributed by atoms with van der Waals surface area (Å²) in [5.41, 5.74) is 1.20. The molecule has 0 fully saturated rings. The van der Waals surface area contributed by atoms with Gasteiger partial charge in [0.1, 0.15) is 0 Å². The Morgan fingerprint density at radius 1 is 1.38 bits per heavy atom. The Balaban J connectivity index is 2.29. The van der Waals surface area contributed by atoms with E-state index in [-0.39, 0.29) is 6.29 Å². The predicted molar refractivity (Wildman–Crippen MR) is 51.1 cm³/mol. The molecule has 0 aliphatic carbocycles. The Labute approximate surface area is 77.8 Å². The Hall–Kier alpha value is -1.44. The Bertz CT molecular complexity index is 331. The molecule has 1 unspecified atom stereocenters. The van der Waals surface area contributed by atoms with E-state index in [0.717, 1.165) is 17.9 Å². The molecule has 0 aromatic heterocycles. The number of hydrogen-bond acceptors (Lipinski definition) is 2. The van der Waals surface area contributed by atoms with Crippen molar-refractivity contribution < 1.29 is 9.47 Å². The topological polar surface area (TPSA) is 18.5 Å². The molecule has 2 heteroatoms. The van der Waals surface area contributed by atoms with Gasteiger partial charge in [0.25, 0.3) is 0 Å². The lowest BCUT2D eigenvalue weighted by molar-refractivity contribution is 0.0678. The van der Waals surface area contributed by atoms with Gasteiger partial charge in [-0.05, 0) is 24.1 Å². The number of hydrogen-bond donors (Lipinski definition) is 0. The van der Waals surface area contributed by atoms with E-state index in [9.17, 15) is 0 Å². The largest absolute Gasteiger partial charge is 0.451 e. The second kappa shape index (κ2) is 3.13. The molecule has 1 aliphatic rings. The van der Waals surface area contributed by atoms with Gasteiger partial charge in [0.15, 0.2) is 11.5 Å². The highest BCUT2D eigenvalue weighted by Gasteiger charge is 2.19. The van der Waals surface area contributed by atoms with Crippen molar-refractivity contribution in [2.45, 2.75) is 19.6 Å². The van der Waals surface area contributed by atoms with Crippen LogP contribution in [0.15, 0.2) is 30.9 Å². The van der Waals surface area contributed by atoms with Crippen molar-refractivity contribution >= 4 is 0 Å². The molecule has 0 bridgehead atoms. The smallest absolute Gasteiger partial charge is 0.238 e. The maximum absolute atomic E-state index is 5.44. The average Bonchev–Trinajstić information content (AvgIpc) is 2.44. The lowest BCUT2D eigenvalue weighted by Gasteiger charge is -2.00. The van der Waals surface area contributed by atoms with Crippen LogP contribution in [0.4, 0.5) is 0 Å². The fourth-order valence-corrected chi connectivity index (χ4v) is 1.42. The lowest BCUT2D eigenvalue weighted by Crippen LogP contribution is -2.11. The summed E-state index contributed by atoms with van der Waals surface area (Å²) < 4.78 is 10.8. The molecule has 13 heavy (non-hydrogen) atoms. The summed E-state index contributed by atoms with van der Waals surface area (Å²) in [7, 11) is 0. The molecule has 1 heterocycles. The zero-order chi connectivity index (χ0) is 9.26. The van der Waals surface area contributed by atoms with Crippen LogP contribution in [0.1, 0.15) is 12.5 Å². The van der Waals surface area contributed by atoms with Crippen LogP contribution in [0.25, 0.3) is 0 Å². The standard InChI is InChI=1S/C11H12O2/c1-3-4-9-5-6-10-11(7-9)13-8(2)12-10/h3,5-8H,1,4H2,2H3. The van der Waals surface area contributed by atoms with Crippen molar-refractivity contribution in [3.8, 4) is 11.5 Å². The molecule has 1 aliphatic heterocycles. The molecule has 2 nitrogen and oxygen atoms in total. The number of rotatable bonds is 2. The third-order valence-electron chi connectivity index (χ3n) is 1.97. The second-order valence-corrected chi connectivity index (χ2v) is 3.08. The van der Waals surface area contributed by atoms with E-state index in [1.807, 2.05) is 31.2 Å². The fraction of sp³-hybridized carbons (Fsp3) is 0.273. The van der Waals surface area contributed by atoms with E-state index in [0.29, 0.717) is 0 Å². The van der Waals surface area contributed by atoms with E-state index in [4.69, 9.17) is 9.47 Å². The third-order valence-corrected chi connectivity index (χ3v) is 1.97. The molecule has 1 atom stereocenters. The van der Waals surface area contributed by atoms with Crippen LogP contribution in [-0.4, -0.2) is 6.29 Å². The SMILES string of the molecule is C=CCc1ccc2c(c1)OC(C)O2. The summed E-state index contributed by atoms with van der Waals surface area (Å²) >= 11 is 0. The van der Waals surface area contributed by atoms with Crippen LogP contribution in [0.2, 0.25) is 0 Å². The third kappa shape index (κ3) is 1.52. The number of allylic oxidation sites excluding steroid dienone is 1. The number of benzene rings is 1. The van der Waals surface area contributed by atoms with Crippen molar-refractivity contribution in [3.63, 3.8) is 0 Å². The molecule has 0 saturated carbocycles. The van der Waals surface area contributed by atoms with E-state index in [2.05, 4.69) is 6.58 Å². The molecular formula is C11H12O2. The highest BCUT2D eigenvalue weighted by atomic mass is 16.7. The van der Waals surface area contributed by atoms with Crippen LogP contribution in [-0.2, 0) is 6.42 Å². The first-order valence-corrected chi connectivity index (χ1v) is 4.37. The van der Waals surface area contributed by atoms with Gasteiger partial charge in [-0.1, -0.05) is 12.1 Å². The Morgan fingerprint density at radius 3 is 2.92 bits per heavy atom. The first-order chi connectivity index (χ1) is 6.29. The van der Waals surface area contributed by atoms with Gasteiger partial charge in [0.2, 0.25) is 6.29 Å². The molecule has 0 radical (unpaired) electrons. The van der Waals surface area contributed by atoms with Crippen LogP contribution in [0, 0.1) is 0 Å². The van der Waals surface area contributed by atoms with Crippen molar-refractivity contribution in [3.05, 3.63) is 36.4 Å². The summed E-state index contributed by atoms with van der Waals surface area (Å²) in [5, 5.41) is 0. The van der Waals surface area contributed by atoms with E-state index < -0.39 is 0 Å². The van der Waals surface area contributed by atoms with E-state index in [1.165, 1.54) is 5.56 Å². The minimum atomic E-state index is -0.158. The average molecular weight is 176 g/mol. The lowest BCUT2D eigenvalue weighted by atomic mass is 10.1. The van der Waals surface area contributed by atoms with Crippen molar-refractivity contribution in [1.29, 1.82) is 0 Å². The van der Waals surface area contributed by atoms with Crippen LogP contribution in [0.5, 0.6) is 11.5 Å². The van der Waals surface area contributed by atoms with Gasteiger partial charge in [0.05, 0.1) is 0 Å². The van der Waals surface area contributed by atoms with Gasteiger partial charge in [0, 0.05) is 6.92 Å². The molecule has 0 N–H and O–H groups in total. The zero-order valence-electron chi connectivity index (χ0n) is 7.62. The summed E-state index contributed by atoms with van der Waals surface area (Å²) in [6.45, 7) is 5.57. The van der Waals surface area contributed by atoms with Crippen LogP contribution < -0.4 is 9.47 Å². The summed E-state index contributed by atoms with van der Waals surface area (Å²) in [4.78, 5) is 0. The zero-order valence-corrected chi connectivity index (χ0v) is 7.62. The summed E-state index contributed by atoms with van der Waals surface area (Å²) in [6.07, 6.45) is 2.58. The van der Waals surface area contributed by atoms with Gasteiger partial charge in [-0.3, -0.25) is 0 Å². The van der Waals surface area contributed by atoms with Gasteiger partial charge < -0.3 is 9.47 Å². The first kappa shape index (κ1) is 8.17. The van der Waals surface area contributed by atoms with E-state index in [1.54, 1.807) is 0 Å². The van der Waals surface area contributed by atoms with Crippen molar-refractivity contribution in [1.82, 2.24) is 0 Å². The molecule has 0 saturated heterocycles.